The molecule has 1 aromatic carbocycles. The third kappa shape index (κ3) is 3.85. The molecule has 0 aromatic heterocycles. The van der Waals surface area contributed by atoms with Crippen molar-refractivity contribution < 1.29 is 9.84 Å². The van der Waals surface area contributed by atoms with Gasteiger partial charge in [-0.3, -0.25) is 0 Å². The van der Waals surface area contributed by atoms with E-state index in [1.54, 1.807) is 7.05 Å². The molecule has 82 valence electrons. The predicted molar refractivity (Wildman–Crippen MR) is 63.9 cm³/mol. The van der Waals surface area contributed by atoms with E-state index < -0.39 is 0 Å². The molecule has 0 bridgehead atoms. The highest BCUT2D eigenvalue weighted by Gasteiger charge is 2.11. The van der Waals surface area contributed by atoms with Gasteiger partial charge in [-0.25, -0.2) is 0 Å². The number of hydrogen-bond acceptors (Lipinski definition) is 3. The minimum absolute atomic E-state index is 0.0301. The van der Waals surface area contributed by atoms with Crippen LogP contribution in [0, 0.1) is 0 Å². The van der Waals surface area contributed by atoms with Crippen molar-refractivity contribution >= 4 is 17.4 Å². The van der Waals surface area contributed by atoms with Crippen LogP contribution in [-0.2, 0) is 4.74 Å². The van der Waals surface area contributed by atoms with Crippen LogP contribution in [0.1, 0.15) is 11.5 Å². The van der Waals surface area contributed by atoms with Gasteiger partial charge < -0.3 is 15.2 Å². The van der Waals surface area contributed by atoms with Gasteiger partial charge in [0.25, 0.3) is 5.17 Å². The van der Waals surface area contributed by atoms with Crippen LogP contribution in [-0.4, -0.2) is 30.5 Å². The molecule has 0 aliphatic heterocycles. The zero-order valence-electron chi connectivity index (χ0n) is 8.64. The highest BCUT2D eigenvalue weighted by molar-refractivity contribution is 7.80. The van der Waals surface area contributed by atoms with Crippen LogP contribution in [0.3, 0.4) is 0 Å². The summed E-state index contributed by atoms with van der Waals surface area (Å²) in [4.78, 5) is 0. The molecule has 0 saturated carbocycles. The lowest BCUT2D eigenvalue weighted by atomic mass is 10.0. The Morgan fingerprint density at radius 3 is 2.67 bits per heavy atom. The second-order valence-electron chi connectivity index (χ2n) is 3.14. The Morgan fingerprint density at radius 1 is 1.47 bits per heavy atom. The molecule has 4 heteroatoms. The van der Waals surface area contributed by atoms with Gasteiger partial charge in [-0.2, -0.15) is 0 Å². The Labute approximate surface area is 95.1 Å². The maximum absolute atomic E-state index is 9.22. The molecule has 0 aliphatic rings. The smallest absolute Gasteiger partial charge is 0.256 e. The SMILES string of the molecule is CNC(=S)OCC(CO)c1ccccc1. The van der Waals surface area contributed by atoms with Crippen molar-refractivity contribution in [3.63, 3.8) is 0 Å². The number of aliphatic hydroxyl groups is 1. The van der Waals surface area contributed by atoms with E-state index in [4.69, 9.17) is 17.0 Å². The van der Waals surface area contributed by atoms with Gasteiger partial charge in [0.05, 0.1) is 13.2 Å². The van der Waals surface area contributed by atoms with Gasteiger partial charge in [0.2, 0.25) is 0 Å². The van der Waals surface area contributed by atoms with Crippen molar-refractivity contribution in [2.75, 3.05) is 20.3 Å². The first kappa shape index (κ1) is 11.9. The van der Waals surface area contributed by atoms with Crippen LogP contribution in [0.25, 0.3) is 0 Å². The monoisotopic (exact) mass is 225 g/mol. The molecule has 15 heavy (non-hydrogen) atoms. The highest BCUT2D eigenvalue weighted by atomic mass is 32.1. The summed E-state index contributed by atoms with van der Waals surface area (Å²) < 4.78 is 5.26. The third-order valence-corrected chi connectivity index (χ3v) is 2.43. The van der Waals surface area contributed by atoms with Gasteiger partial charge >= 0.3 is 0 Å². The van der Waals surface area contributed by atoms with Crippen LogP contribution in [0.2, 0.25) is 0 Å². The van der Waals surface area contributed by atoms with E-state index in [1.165, 1.54) is 0 Å². The van der Waals surface area contributed by atoms with E-state index in [0.29, 0.717) is 11.8 Å². The lowest BCUT2D eigenvalue weighted by Crippen LogP contribution is -2.23. The molecule has 2 N–H and O–H groups in total. The molecule has 0 heterocycles. The topological polar surface area (TPSA) is 41.5 Å². The minimum atomic E-state index is -0.0301. The Bertz CT molecular complexity index is 303. The predicted octanol–water partition coefficient (Wildman–Crippen LogP) is 1.28. The van der Waals surface area contributed by atoms with E-state index in [2.05, 4.69) is 5.32 Å². The van der Waals surface area contributed by atoms with E-state index in [9.17, 15) is 5.11 Å². The molecule has 1 atom stereocenters. The lowest BCUT2D eigenvalue weighted by molar-refractivity contribution is 0.198. The van der Waals surface area contributed by atoms with E-state index in [1.807, 2.05) is 30.3 Å². The molecule has 3 nitrogen and oxygen atoms in total. The van der Waals surface area contributed by atoms with Crippen LogP contribution < -0.4 is 5.32 Å². The fraction of sp³-hybridized carbons (Fsp3) is 0.364. The van der Waals surface area contributed by atoms with Crippen molar-refractivity contribution in [2.24, 2.45) is 0 Å². The van der Waals surface area contributed by atoms with Crippen molar-refractivity contribution in [1.29, 1.82) is 0 Å². The first-order valence-electron chi connectivity index (χ1n) is 4.78. The fourth-order valence-electron chi connectivity index (χ4n) is 1.23. The Balaban J connectivity index is 2.53. The van der Waals surface area contributed by atoms with Gasteiger partial charge in [-0.1, -0.05) is 30.3 Å². The number of ether oxygens (including phenoxy) is 1. The van der Waals surface area contributed by atoms with Crippen molar-refractivity contribution in [3.05, 3.63) is 35.9 Å². The average Bonchev–Trinajstić information content (AvgIpc) is 2.31. The quantitative estimate of drug-likeness (QED) is 0.758. The summed E-state index contributed by atoms with van der Waals surface area (Å²) >= 11 is 4.86. The van der Waals surface area contributed by atoms with Crippen molar-refractivity contribution in [2.45, 2.75) is 5.92 Å². The molecule has 1 aromatic rings. The Hall–Kier alpha value is -1.13. The van der Waals surface area contributed by atoms with E-state index in [0.717, 1.165) is 5.56 Å². The van der Waals surface area contributed by atoms with Crippen LogP contribution in [0.5, 0.6) is 0 Å². The lowest BCUT2D eigenvalue weighted by Gasteiger charge is -2.15. The second-order valence-corrected chi connectivity index (χ2v) is 3.51. The third-order valence-electron chi connectivity index (χ3n) is 2.11. The molecule has 1 unspecified atom stereocenters. The zero-order chi connectivity index (χ0) is 11.1. The molecule has 0 fully saturated rings. The molecule has 1 rings (SSSR count). The summed E-state index contributed by atoms with van der Waals surface area (Å²) in [6, 6.07) is 9.75. The summed E-state index contributed by atoms with van der Waals surface area (Å²) in [5.74, 6) is -0.0301. The number of hydrogen-bond donors (Lipinski definition) is 2. The summed E-state index contributed by atoms with van der Waals surface area (Å²) in [6.07, 6.45) is 0. The van der Waals surface area contributed by atoms with E-state index >= 15 is 0 Å². The zero-order valence-corrected chi connectivity index (χ0v) is 9.46. The highest BCUT2D eigenvalue weighted by Crippen LogP contribution is 2.14. The van der Waals surface area contributed by atoms with Gasteiger partial charge in [0.1, 0.15) is 0 Å². The molecule has 0 saturated heterocycles. The summed E-state index contributed by atoms with van der Waals surface area (Å²) in [6.45, 7) is 0.441. The minimum Gasteiger partial charge on any atom is -0.470 e. The number of aliphatic hydroxyl groups excluding tert-OH is 1. The number of nitrogens with one attached hydrogen (secondary N) is 1. The van der Waals surface area contributed by atoms with Crippen molar-refractivity contribution in [1.82, 2.24) is 5.32 Å². The van der Waals surface area contributed by atoms with Gasteiger partial charge in [0.15, 0.2) is 0 Å². The molecule has 0 spiro atoms. The van der Waals surface area contributed by atoms with Gasteiger partial charge in [0, 0.05) is 13.0 Å². The van der Waals surface area contributed by atoms with Crippen LogP contribution in [0.4, 0.5) is 0 Å². The standard InChI is InChI=1S/C11H15NO2S/c1-12-11(15)14-8-10(7-13)9-5-3-2-4-6-9/h2-6,10,13H,7-8H2,1H3,(H,12,15). The van der Waals surface area contributed by atoms with Crippen molar-refractivity contribution in [3.8, 4) is 0 Å². The van der Waals surface area contributed by atoms with E-state index in [-0.39, 0.29) is 12.5 Å². The second kappa shape index (κ2) is 6.37. The molecule has 0 radical (unpaired) electrons. The normalized spacial score (nSPS) is 11.9. The fourth-order valence-corrected chi connectivity index (χ4v) is 1.30. The van der Waals surface area contributed by atoms with Gasteiger partial charge in [-0.15, -0.1) is 0 Å². The number of thiocarbonyl (C=S) groups is 1. The summed E-state index contributed by atoms with van der Waals surface area (Å²) in [5.41, 5.74) is 1.05. The largest absolute Gasteiger partial charge is 0.470 e. The number of benzene rings is 1. The number of rotatable bonds is 4. The molecule has 0 aliphatic carbocycles. The van der Waals surface area contributed by atoms with Crippen LogP contribution >= 0.6 is 12.2 Å². The Kier molecular flexibility index (Phi) is 5.07. The maximum atomic E-state index is 9.22. The summed E-state index contributed by atoms with van der Waals surface area (Å²) in [5, 5.41) is 12.3. The maximum Gasteiger partial charge on any atom is 0.256 e. The van der Waals surface area contributed by atoms with Crippen LogP contribution in [0.15, 0.2) is 30.3 Å². The first-order valence-corrected chi connectivity index (χ1v) is 5.19. The summed E-state index contributed by atoms with van der Waals surface area (Å²) in [7, 11) is 1.71. The molecular formula is C11H15NO2S. The van der Waals surface area contributed by atoms with Gasteiger partial charge in [-0.05, 0) is 17.8 Å². The molecular weight excluding hydrogens is 210 g/mol. The first-order chi connectivity index (χ1) is 7.27. The molecule has 0 amide bonds. The Morgan fingerprint density at radius 2 is 2.13 bits per heavy atom. The average molecular weight is 225 g/mol.